The zero-order valence-corrected chi connectivity index (χ0v) is 24.8. The number of carboxylic acid groups (broad SMARTS) is 1. The van der Waals surface area contributed by atoms with Gasteiger partial charge in [0.15, 0.2) is 0 Å². The van der Waals surface area contributed by atoms with E-state index >= 15 is 0 Å². The summed E-state index contributed by atoms with van der Waals surface area (Å²) in [6.07, 6.45) is 5.60. The van der Waals surface area contributed by atoms with Gasteiger partial charge < -0.3 is 19.9 Å². The maximum atomic E-state index is 11.4. The van der Waals surface area contributed by atoms with E-state index < -0.39 is 5.97 Å². The monoisotopic (exact) mass is 606 g/mol. The highest BCUT2D eigenvalue weighted by molar-refractivity contribution is 8.00. The van der Waals surface area contributed by atoms with Crippen molar-refractivity contribution < 1.29 is 19.4 Å². The Morgan fingerprint density at radius 3 is 2.60 bits per heavy atom. The van der Waals surface area contributed by atoms with E-state index in [2.05, 4.69) is 25.0 Å². The fourth-order valence-corrected chi connectivity index (χ4v) is 5.04. The molecule has 1 aliphatic rings. The average molecular weight is 607 g/mol. The minimum Gasteiger partial charge on any atom is -0.478 e. The molecule has 218 valence electrons. The maximum Gasteiger partial charge on any atom is 0.335 e. The highest BCUT2D eigenvalue weighted by atomic mass is 35.5. The molecular weight excluding hydrogens is 576 g/mol. The van der Waals surface area contributed by atoms with E-state index in [0.717, 1.165) is 29.5 Å². The molecule has 0 saturated heterocycles. The molecule has 1 saturated carbocycles. The van der Waals surface area contributed by atoms with E-state index in [1.165, 1.54) is 18.1 Å². The minimum atomic E-state index is -0.988. The van der Waals surface area contributed by atoms with Crippen molar-refractivity contribution in [2.75, 3.05) is 17.9 Å². The highest BCUT2D eigenvalue weighted by Gasteiger charge is 2.24. The van der Waals surface area contributed by atoms with E-state index in [1.54, 1.807) is 24.4 Å². The van der Waals surface area contributed by atoms with Crippen LogP contribution in [0.25, 0.3) is 11.3 Å². The van der Waals surface area contributed by atoms with Crippen molar-refractivity contribution >= 4 is 35.5 Å². The molecule has 1 aliphatic carbocycles. The third-order valence-electron chi connectivity index (χ3n) is 6.50. The second-order valence-corrected chi connectivity index (χ2v) is 11.2. The number of rotatable bonds is 14. The maximum absolute atomic E-state index is 11.4. The molecule has 0 amide bonds. The molecule has 2 aromatic carbocycles. The number of benzene rings is 2. The van der Waals surface area contributed by atoms with Gasteiger partial charge in [-0.15, -0.1) is 0 Å². The molecule has 0 bridgehead atoms. The van der Waals surface area contributed by atoms with Crippen LogP contribution in [0.2, 0.25) is 5.15 Å². The van der Waals surface area contributed by atoms with Crippen LogP contribution in [-0.4, -0.2) is 56.4 Å². The van der Waals surface area contributed by atoms with E-state index in [1.807, 2.05) is 44.2 Å². The molecule has 4 aromatic rings. The molecular formula is C30H31ClN6O4S. The average Bonchev–Trinajstić information content (AvgIpc) is 3.80. The Labute approximate surface area is 253 Å². The molecule has 42 heavy (non-hydrogen) atoms. The topological polar surface area (TPSA) is 131 Å². The van der Waals surface area contributed by atoms with Gasteiger partial charge in [0.25, 0.3) is 0 Å². The van der Waals surface area contributed by atoms with Crippen LogP contribution in [0, 0.1) is 13.8 Å². The molecule has 2 aromatic heterocycles. The van der Waals surface area contributed by atoms with Gasteiger partial charge in [-0.3, -0.25) is 9.71 Å². The number of nitrogens with zero attached hydrogens (tertiary/aromatic N) is 4. The van der Waals surface area contributed by atoms with Crippen LogP contribution in [0.15, 0.2) is 65.8 Å². The Morgan fingerprint density at radius 1 is 1.07 bits per heavy atom. The molecule has 1 fully saturated rings. The molecule has 1 atom stereocenters. The summed E-state index contributed by atoms with van der Waals surface area (Å²) >= 11 is 7.23. The molecule has 0 radical (unpaired) electrons. The van der Waals surface area contributed by atoms with Crippen LogP contribution in [0.1, 0.15) is 40.0 Å². The largest absolute Gasteiger partial charge is 0.478 e. The summed E-state index contributed by atoms with van der Waals surface area (Å²) in [6.45, 7) is 5.29. The Hall–Kier alpha value is -3.77. The molecule has 12 heteroatoms. The van der Waals surface area contributed by atoms with Gasteiger partial charge in [-0.05, 0) is 68.0 Å². The Kier molecular flexibility index (Phi) is 9.85. The number of hydrogen-bond acceptors (Lipinski definition) is 10. The van der Waals surface area contributed by atoms with Crippen molar-refractivity contribution in [1.29, 1.82) is 0 Å². The zero-order chi connectivity index (χ0) is 29.5. The zero-order valence-electron chi connectivity index (χ0n) is 23.2. The van der Waals surface area contributed by atoms with Crippen molar-refractivity contribution in [3.8, 4) is 17.1 Å². The molecule has 0 unspecified atom stereocenters. The number of carbonyl (C=O) groups is 1. The SMILES string of the molecule is Cc1cccc(C)c1-c1cc(OC[C@@H](COC2CC2)NCc2cncc(Cl)n2)nc(NSc2cccc(C(=O)O)c2)n1. The lowest BCUT2D eigenvalue weighted by atomic mass is 10.00. The number of ether oxygens (including phenoxy) is 2. The van der Waals surface area contributed by atoms with Crippen LogP contribution in [0.5, 0.6) is 5.88 Å². The van der Waals surface area contributed by atoms with E-state index in [-0.39, 0.29) is 18.2 Å². The van der Waals surface area contributed by atoms with Crippen molar-refractivity contribution in [3.05, 3.63) is 88.5 Å². The standard InChI is InChI=1S/C30H31ClN6O4S/c1-18-5-3-6-19(2)28(18)25-12-27(36-30(35-25)37-42-24-8-4-7-20(11-24)29(38)39)41-17-22(16-40-23-9-10-23)33-14-21-13-32-15-26(31)34-21/h3-8,11-13,15,22-23,33H,9-10,14,16-17H2,1-2H3,(H,38,39)(H,35,36,37)/t22-/m1/s1. The summed E-state index contributed by atoms with van der Waals surface area (Å²) in [6, 6.07) is 14.4. The van der Waals surface area contributed by atoms with Gasteiger partial charge in [-0.2, -0.15) is 4.98 Å². The number of aromatic carboxylic acids is 1. The van der Waals surface area contributed by atoms with Crippen molar-refractivity contribution in [1.82, 2.24) is 25.3 Å². The van der Waals surface area contributed by atoms with Crippen LogP contribution >= 0.6 is 23.5 Å². The lowest BCUT2D eigenvalue weighted by Gasteiger charge is -2.20. The lowest BCUT2D eigenvalue weighted by molar-refractivity contribution is 0.0696. The molecule has 3 N–H and O–H groups in total. The first kappa shape index (κ1) is 29.7. The third-order valence-corrected chi connectivity index (χ3v) is 7.45. The molecule has 2 heterocycles. The lowest BCUT2D eigenvalue weighted by Crippen LogP contribution is -2.39. The van der Waals surface area contributed by atoms with Crippen LogP contribution in [-0.2, 0) is 11.3 Å². The Morgan fingerprint density at radius 2 is 1.86 bits per heavy atom. The minimum absolute atomic E-state index is 0.144. The Bertz CT molecular complexity index is 1530. The summed E-state index contributed by atoms with van der Waals surface area (Å²) in [7, 11) is 0. The van der Waals surface area contributed by atoms with Gasteiger partial charge in [0, 0.05) is 29.3 Å². The predicted octanol–water partition coefficient (Wildman–Crippen LogP) is 5.74. The van der Waals surface area contributed by atoms with Crippen LogP contribution in [0.4, 0.5) is 5.95 Å². The first-order valence-electron chi connectivity index (χ1n) is 13.5. The summed E-state index contributed by atoms with van der Waals surface area (Å²) < 4.78 is 15.4. The number of aromatic nitrogens is 4. The van der Waals surface area contributed by atoms with Crippen LogP contribution in [0.3, 0.4) is 0 Å². The van der Waals surface area contributed by atoms with Gasteiger partial charge >= 0.3 is 5.97 Å². The molecule has 10 nitrogen and oxygen atoms in total. The number of hydrogen-bond donors (Lipinski definition) is 3. The highest BCUT2D eigenvalue weighted by Crippen LogP contribution is 2.30. The predicted molar refractivity (Wildman–Crippen MR) is 162 cm³/mol. The van der Waals surface area contributed by atoms with Gasteiger partial charge in [-0.1, -0.05) is 35.9 Å². The van der Waals surface area contributed by atoms with Crippen molar-refractivity contribution in [2.24, 2.45) is 0 Å². The van der Waals surface area contributed by atoms with E-state index in [0.29, 0.717) is 52.5 Å². The number of nitrogens with one attached hydrogen (secondary N) is 2. The van der Waals surface area contributed by atoms with Crippen molar-refractivity contribution in [2.45, 2.75) is 50.3 Å². The van der Waals surface area contributed by atoms with Gasteiger partial charge in [0.1, 0.15) is 11.8 Å². The van der Waals surface area contributed by atoms with Gasteiger partial charge in [0.05, 0.1) is 41.9 Å². The van der Waals surface area contributed by atoms with Crippen LogP contribution < -0.4 is 14.8 Å². The number of halogens is 1. The number of anilines is 1. The number of aryl methyl sites for hydroxylation is 2. The molecule has 5 rings (SSSR count). The van der Waals surface area contributed by atoms with E-state index in [9.17, 15) is 9.90 Å². The smallest absolute Gasteiger partial charge is 0.335 e. The quantitative estimate of drug-likeness (QED) is 0.152. The van der Waals surface area contributed by atoms with Crippen molar-refractivity contribution in [3.63, 3.8) is 0 Å². The van der Waals surface area contributed by atoms with Gasteiger partial charge in [0.2, 0.25) is 11.8 Å². The van der Waals surface area contributed by atoms with Gasteiger partial charge in [-0.25, -0.2) is 14.8 Å². The summed E-state index contributed by atoms with van der Waals surface area (Å²) in [5.74, 6) is -0.257. The summed E-state index contributed by atoms with van der Waals surface area (Å²) in [5.41, 5.74) is 4.78. The fourth-order valence-electron chi connectivity index (χ4n) is 4.24. The normalized spacial score (nSPS) is 13.5. The first-order chi connectivity index (χ1) is 20.3. The number of carboxylic acids is 1. The third kappa shape index (κ3) is 8.39. The molecule has 0 spiro atoms. The summed E-state index contributed by atoms with van der Waals surface area (Å²) in [5, 5.41) is 13.1. The van der Waals surface area contributed by atoms with E-state index in [4.69, 9.17) is 26.1 Å². The second-order valence-electron chi connectivity index (χ2n) is 9.97. The Balaban J connectivity index is 1.35. The second kappa shape index (κ2) is 13.9. The fraction of sp³-hybridized carbons (Fsp3) is 0.300. The first-order valence-corrected chi connectivity index (χ1v) is 14.7. The molecule has 0 aliphatic heterocycles. The summed E-state index contributed by atoms with van der Waals surface area (Å²) in [4.78, 5) is 29.9.